The zero-order valence-electron chi connectivity index (χ0n) is 17.5. The molecular formula is C19H29N5O5S. The third kappa shape index (κ3) is 4.10. The highest BCUT2D eigenvalue weighted by Crippen LogP contribution is 2.40. The Morgan fingerprint density at radius 3 is 2.53 bits per heavy atom. The van der Waals surface area contributed by atoms with Crippen molar-refractivity contribution < 1.29 is 23.1 Å². The fraction of sp³-hybridized carbons (Fsp3) is 0.737. The number of hydrogen-bond donors (Lipinski definition) is 2. The average molecular weight is 440 g/mol. The number of aliphatic hydroxyl groups excluding tert-OH is 1. The zero-order chi connectivity index (χ0) is 21.7. The molecule has 2 fully saturated rings. The van der Waals surface area contributed by atoms with E-state index in [4.69, 9.17) is 4.74 Å². The van der Waals surface area contributed by atoms with E-state index in [2.05, 4.69) is 15.3 Å². The van der Waals surface area contributed by atoms with Crippen LogP contribution in [-0.2, 0) is 14.8 Å². The molecule has 2 aliphatic heterocycles. The maximum atomic E-state index is 13.1. The second-order valence-corrected chi connectivity index (χ2v) is 10.9. The number of piperidine rings is 1. The van der Waals surface area contributed by atoms with Gasteiger partial charge in [-0.3, -0.25) is 9.69 Å². The molecule has 166 valence electrons. The van der Waals surface area contributed by atoms with Gasteiger partial charge in [0, 0.05) is 25.2 Å². The molecular weight excluding hydrogens is 410 g/mol. The standard InChI is InChI=1S/C19H29N5O5S/c1-19(2)17(26)24(13-4-5-14(25)10-13)16-15(29-19)11-20-18(22-16)21-12-6-8-23(9-7-12)30(3,27)28/h11-14,25H,4-10H2,1-3H3,(H,20,21,22)/t13-,14-/m0/s1. The summed E-state index contributed by atoms with van der Waals surface area (Å²) in [5.41, 5.74) is -1.03. The Balaban J connectivity index is 1.55. The summed E-state index contributed by atoms with van der Waals surface area (Å²) in [7, 11) is -3.18. The molecule has 0 spiro atoms. The Kier molecular flexibility index (Phi) is 5.39. The number of amides is 1. The van der Waals surface area contributed by atoms with Crippen molar-refractivity contribution in [3.8, 4) is 5.75 Å². The largest absolute Gasteiger partial charge is 0.472 e. The first-order valence-corrected chi connectivity index (χ1v) is 12.2. The molecule has 0 bridgehead atoms. The number of carbonyl (C=O) groups excluding carboxylic acids is 1. The molecule has 11 heteroatoms. The summed E-state index contributed by atoms with van der Waals surface area (Å²) in [5.74, 6) is 1.06. The molecule has 1 amide bonds. The molecule has 0 aromatic carbocycles. The van der Waals surface area contributed by atoms with Gasteiger partial charge in [-0.25, -0.2) is 17.7 Å². The van der Waals surface area contributed by atoms with E-state index in [1.165, 1.54) is 10.6 Å². The van der Waals surface area contributed by atoms with Crippen LogP contribution in [0.5, 0.6) is 5.75 Å². The Labute approximate surface area is 176 Å². The summed E-state index contributed by atoms with van der Waals surface area (Å²) in [5, 5.41) is 13.3. The van der Waals surface area contributed by atoms with Gasteiger partial charge in [0.25, 0.3) is 5.91 Å². The number of hydrogen-bond acceptors (Lipinski definition) is 8. The van der Waals surface area contributed by atoms with Crippen molar-refractivity contribution >= 4 is 27.7 Å². The summed E-state index contributed by atoms with van der Waals surface area (Å²) < 4.78 is 30.7. The molecule has 1 saturated carbocycles. The van der Waals surface area contributed by atoms with E-state index in [0.29, 0.717) is 62.7 Å². The van der Waals surface area contributed by atoms with Crippen LogP contribution in [0.25, 0.3) is 0 Å². The molecule has 1 aromatic rings. The first kappa shape index (κ1) is 21.3. The normalized spacial score (nSPS) is 27.6. The summed E-state index contributed by atoms with van der Waals surface area (Å²) >= 11 is 0. The number of rotatable bonds is 4. The third-order valence-electron chi connectivity index (χ3n) is 6.06. The summed E-state index contributed by atoms with van der Waals surface area (Å²) in [4.78, 5) is 23.7. The maximum absolute atomic E-state index is 13.1. The van der Waals surface area contributed by atoms with Gasteiger partial charge in [-0.15, -0.1) is 0 Å². The number of fused-ring (bicyclic) bond motifs is 1. The van der Waals surface area contributed by atoms with Crippen molar-refractivity contribution in [3.05, 3.63) is 6.20 Å². The smallest absolute Gasteiger partial charge is 0.272 e. The van der Waals surface area contributed by atoms with Crippen molar-refractivity contribution in [2.45, 2.75) is 69.7 Å². The van der Waals surface area contributed by atoms with Gasteiger partial charge in [0.15, 0.2) is 17.2 Å². The monoisotopic (exact) mass is 439 g/mol. The van der Waals surface area contributed by atoms with Crippen LogP contribution in [0.3, 0.4) is 0 Å². The number of carbonyl (C=O) groups is 1. The molecule has 1 aromatic heterocycles. The van der Waals surface area contributed by atoms with Gasteiger partial charge in [0.1, 0.15) is 0 Å². The van der Waals surface area contributed by atoms with E-state index in [-0.39, 0.29) is 18.0 Å². The summed E-state index contributed by atoms with van der Waals surface area (Å²) in [6, 6.07) is -0.0883. The Morgan fingerprint density at radius 2 is 1.93 bits per heavy atom. The highest BCUT2D eigenvalue weighted by Gasteiger charge is 2.46. The first-order valence-electron chi connectivity index (χ1n) is 10.3. The number of nitrogens with zero attached hydrogens (tertiary/aromatic N) is 4. The van der Waals surface area contributed by atoms with Crippen molar-refractivity contribution in [3.63, 3.8) is 0 Å². The summed E-state index contributed by atoms with van der Waals surface area (Å²) in [6.45, 7) is 4.34. The predicted molar refractivity (Wildman–Crippen MR) is 111 cm³/mol. The van der Waals surface area contributed by atoms with Crippen LogP contribution in [0.15, 0.2) is 6.20 Å². The molecule has 0 unspecified atom stereocenters. The minimum absolute atomic E-state index is 0.0412. The number of sulfonamides is 1. The van der Waals surface area contributed by atoms with E-state index >= 15 is 0 Å². The van der Waals surface area contributed by atoms with Crippen LogP contribution in [0.4, 0.5) is 11.8 Å². The molecule has 4 rings (SSSR count). The SMILES string of the molecule is CC1(C)Oc2cnc(NC3CCN(S(C)(=O)=O)CC3)nc2N([C@H]2CC[C@H](O)C2)C1=O. The Hall–Kier alpha value is -1.98. The van der Waals surface area contributed by atoms with Crippen LogP contribution < -0.4 is 15.0 Å². The van der Waals surface area contributed by atoms with Gasteiger partial charge in [-0.05, 0) is 46.0 Å². The molecule has 3 aliphatic rings. The topological polar surface area (TPSA) is 125 Å². The van der Waals surface area contributed by atoms with Crippen molar-refractivity contribution in [1.82, 2.24) is 14.3 Å². The van der Waals surface area contributed by atoms with Gasteiger partial charge in [0.05, 0.1) is 18.6 Å². The van der Waals surface area contributed by atoms with E-state index in [9.17, 15) is 18.3 Å². The van der Waals surface area contributed by atoms with Gasteiger partial charge < -0.3 is 15.2 Å². The second-order valence-electron chi connectivity index (χ2n) is 8.87. The Morgan fingerprint density at radius 1 is 1.23 bits per heavy atom. The van der Waals surface area contributed by atoms with Gasteiger partial charge in [-0.2, -0.15) is 4.98 Å². The second kappa shape index (κ2) is 7.61. The van der Waals surface area contributed by atoms with Crippen LogP contribution in [-0.4, -0.2) is 76.8 Å². The summed E-state index contributed by atoms with van der Waals surface area (Å²) in [6.07, 6.45) is 5.54. The number of ether oxygens (including phenoxy) is 1. The molecule has 10 nitrogen and oxygen atoms in total. The van der Waals surface area contributed by atoms with E-state index in [1.54, 1.807) is 24.9 Å². The fourth-order valence-electron chi connectivity index (χ4n) is 4.40. The molecule has 30 heavy (non-hydrogen) atoms. The molecule has 1 saturated heterocycles. The van der Waals surface area contributed by atoms with Crippen molar-refractivity contribution in [2.24, 2.45) is 0 Å². The third-order valence-corrected chi connectivity index (χ3v) is 7.37. The van der Waals surface area contributed by atoms with E-state index in [0.717, 1.165) is 0 Å². The minimum atomic E-state index is -3.18. The van der Waals surface area contributed by atoms with Crippen molar-refractivity contribution in [2.75, 3.05) is 29.6 Å². The quantitative estimate of drug-likeness (QED) is 0.703. The number of nitrogens with one attached hydrogen (secondary N) is 1. The van der Waals surface area contributed by atoms with Gasteiger partial charge in [0.2, 0.25) is 16.0 Å². The van der Waals surface area contributed by atoms with Gasteiger partial charge in [-0.1, -0.05) is 0 Å². The van der Waals surface area contributed by atoms with Gasteiger partial charge >= 0.3 is 0 Å². The van der Waals surface area contributed by atoms with Crippen LogP contribution in [0.2, 0.25) is 0 Å². The maximum Gasteiger partial charge on any atom is 0.272 e. The molecule has 3 heterocycles. The zero-order valence-corrected chi connectivity index (χ0v) is 18.4. The lowest BCUT2D eigenvalue weighted by Crippen LogP contribution is -2.56. The average Bonchev–Trinajstić information content (AvgIpc) is 3.08. The van der Waals surface area contributed by atoms with E-state index in [1.807, 2.05) is 0 Å². The minimum Gasteiger partial charge on any atom is -0.472 e. The highest BCUT2D eigenvalue weighted by atomic mass is 32.2. The number of aromatic nitrogens is 2. The van der Waals surface area contributed by atoms with Crippen LogP contribution in [0, 0.1) is 0 Å². The molecule has 1 aliphatic carbocycles. The van der Waals surface area contributed by atoms with Crippen LogP contribution in [0.1, 0.15) is 46.0 Å². The fourth-order valence-corrected chi connectivity index (χ4v) is 5.28. The number of anilines is 2. The number of aliphatic hydroxyl groups is 1. The molecule has 2 N–H and O–H groups in total. The van der Waals surface area contributed by atoms with E-state index < -0.39 is 21.7 Å². The first-order chi connectivity index (χ1) is 14.0. The van der Waals surface area contributed by atoms with Crippen molar-refractivity contribution in [1.29, 1.82) is 0 Å². The molecule has 2 atom stereocenters. The predicted octanol–water partition coefficient (Wildman–Crippen LogP) is 0.730. The Bertz CT molecular complexity index is 929. The molecule has 0 radical (unpaired) electrons. The highest BCUT2D eigenvalue weighted by molar-refractivity contribution is 7.88. The van der Waals surface area contributed by atoms with Crippen LogP contribution >= 0.6 is 0 Å². The lowest BCUT2D eigenvalue weighted by molar-refractivity contribution is -0.133. The lowest BCUT2D eigenvalue weighted by Gasteiger charge is -2.40. The lowest BCUT2D eigenvalue weighted by atomic mass is 10.0.